The Hall–Kier alpha value is -2.93. The van der Waals surface area contributed by atoms with Crippen LogP contribution in [0.5, 0.6) is 0 Å². The minimum absolute atomic E-state index is 0.0880. The molecule has 1 aliphatic heterocycles. The SMILES string of the molecule is O=C(OCC(=O)N1CCCC1c1cccs1)c1cn[nH]c1-c1ccccc1. The molecular weight excluding hydrogens is 362 g/mol. The van der Waals surface area contributed by atoms with Crippen LogP contribution >= 0.6 is 11.3 Å². The number of nitrogens with one attached hydrogen (secondary N) is 1. The first kappa shape index (κ1) is 17.5. The lowest BCUT2D eigenvalue weighted by Gasteiger charge is -2.23. The van der Waals surface area contributed by atoms with E-state index in [1.165, 1.54) is 11.1 Å². The van der Waals surface area contributed by atoms with Crippen LogP contribution in [0.4, 0.5) is 0 Å². The lowest BCUT2D eigenvalue weighted by atomic mass is 10.1. The maximum Gasteiger partial charge on any atom is 0.342 e. The molecule has 1 unspecified atom stereocenters. The number of esters is 1. The predicted molar refractivity (Wildman–Crippen MR) is 102 cm³/mol. The monoisotopic (exact) mass is 381 g/mol. The Morgan fingerprint density at radius 2 is 2.07 bits per heavy atom. The van der Waals surface area contributed by atoms with Crippen LogP contribution in [0, 0.1) is 0 Å². The number of carbonyl (C=O) groups is 2. The standard InChI is InChI=1S/C20H19N3O3S/c24-18(23-10-4-8-16(23)17-9-5-11-27-17)13-26-20(25)15-12-21-22-19(15)14-6-2-1-3-7-14/h1-3,5-7,9,11-12,16H,4,8,10,13H2,(H,21,22). The normalized spacial score (nSPS) is 16.4. The van der Waals surface area contributed by atoms with Gasteiger partial charge in [-0.15, -0.1) is 11.3 Å². The van der Waals surface area contributed by atoms with Gasteiger partial charge in [-0.25, -0.2) is 4.79 Å². The number of H-pyrrole nitrogens is 1. The van der Waals surface area contributed by atoms with Gasteiger partial charge in [-0.2, -0.15) is 5.10 Å². The number of ether oxygens (including phenoxy) is 1. The van der Waals surface area contributed by atoms with Gasteiger partial charge >= 0.3 is 5.97 Å². The number of aromatic nitrogens is 2. The number of aromatic amines is 1. The van der Waals surface area contributed by atoms with Crippen molar-refractivity contribution in [1.29, 1.82) is 0 Å². The smallest absolute Gasteiger partial charge is 0.342 e. The zero-order valence-electron chi connectivity index (χ0n) is 14.6. The topological polar surface area (TPSA) is 75.3 Å². The number of nitrogens with zero attached hydrogens (tertiary/aromatic N) is 2. The summed E-state index contributed by atoms with van der Waals surface area (Å²) < 4.78 is 5.30. The highest BCUT2D eigenvalue weighted by atomic mass is 32.1. The fraction of sp³-hybridized carbons (Fsp3) is 0.250. The van der Waals surface area contributed by atoms with Crippen molar-refractivity contribution < 1.29 is 14.3 Å². The molecule has 7 heteroatoms. The molecule has 3 aromatic rings. The van der Waals surface area contributed by atoms with Crippen LogP contribution in [-0.4, -0.2) is 40.1 Å². The van der Waals surface area contributed by atoms with Crippen LogP contribution in [-0.2, 0) is 9.53 Å². The Kier molecular flexibility index (Phi) is 5.02. The van der Waals surface area contributed by atoms with E-state index < -0.39 is 5.97 Å². The van der Waals surface area contributed by atoms with Gasteiger partial charge in [-0.1, -0.05) is 36.4 Å². The summed E-state index contributed by atoms with van der Waals surface area (Å²) >= 11 is 1.65. The highest BCUT2D eigenvalue weighted by molar-refractivity contribution is 7.10. The van der Waals surface area contributed by atoms with Gasteiger partial charge in [-0.3, -0.25) is 9.89 Å². The Morgan fingerprint density at radius 1 is 1.22 bits per heavy atom. The molecule has 27 heavy (non-hydrogen) atoms. The summed E-state index contributed by atoms with van der Waals surface area (Å²) in [6.07, 6.45) is 3.33. The third-order valence-corrected chi connectivity index (χ3v) is 5.67. The molecule has 6 nitrogen and oxygen atoms in total. The number of thiophene rings is 1. The largest absolute Gasteiger partial charge is 0.452 e. The van der Waals surface area contributed by atoms with Crippen LogP contribution in [0.1, 0.15) is 34.1 Å². The van der Waals surface area contributed by atoms with Crippen molar-refractivity contribution >= 4 is 23.2 Å². The van der Waals surface area contributed by atoms with E-state index in [4.69, 9.17) is 4.74 Å². The molecule has 1 aliphatic rings. The van der Waals surface area contributed by atoms with Gasteiger partial charge in [0.05, 0.1) is 17.9 Å². The molecule has 0 saturated carbocycles. The third-order valence-electron chi connectivity index (χ3n) is 4.69. The van der Waals surface area contributed by atoms with E-state index in [9.17, 15) is 9.59 Å². The van der Waals surface area contributed by atoms with Crippen molar-refractivity contribution in [1.82, 2.24) is 15.1 Å². The average Bonchev–Trinajstić information content (AvgIpc) is 3.46. The van der Waals surface area contributed by atoms with E-state index in [-0.39, 0.29) is 18.6 Å². The van der Waals surface area contributed by atoms with Gasteiger partial charge in [0.1, 0.15) is 5.56 Å². The molecule has 2 aromatic heterocycles. The minimum Gasteiger partial charge on any atom is -0.452 e. The van der Waals surface area contributed by atoms with Gasteiger partial charge in [0, 0.05) is 17.0 Å². The van der Waals surface area contributed by atoms with Crippen LogP contribution in [0.2, 0.25) is 0 Å². The van der Waals surface area contributed by atoms with Crippen molar-refractivity contribution in [3.8, 4) is 11.3 Å². The summed E-state index contributed by atoms with van der Waals surface area (Å²) in [7, 11) is 0. The number of benzene rings is 1. The maximum absolute atomic E-state index is 12.6. The quantitative estimate of drug-likeness (QED) is 0.685. The summed E-state index contributed by atoms with van der Waals surface area (Å²) in [5.41, 5.74) is 1.75. The number of hydrogen-bond acceptors (Lipinski definition) is 5. The van der Waals surface area contributed by atoms with E-state index >= 15 is 0 Å². The van der Waals surface area contributed by atoms with E-state index in [1.54, 1.807) is 11.3 Å². The molecule has 0 aliphatic carbocycles. The average molecular weight is 381 g/mol. The second-order valence-electron chi connectivity index (χ2n) is 6.36. The Bertz CT molecular complexity index is 921. The third kappa shape index (κ3) is 3.64. The first-order chi connectivity index (χ1) is 13.2. The Balaban J connectivity index is 1.41. The fourth-order valence-electron chi connectivity index (χ4n) is 3.40. The summed E-state index contributed by atoms with van der Waals surface area (Å²) in [6.45, 7) is 0.431. The zero-order chi connectivity index (χ0) is 18.6. The molecule has 1 aromatic carbocycles. The highest BCUT2D eigenvalue weighted by Crippen LogP contribution is 2.34. The number of amides is 1. The summed E-state index contributed by atoms with van der Waals surface area (Å²) in [4.78, 5) is 28.1. The number of likely N-dealkylation sites (tertiary alicyclic amines) is 1. The van der Waals surface area contributed by atoms with Crippen molar-refractivity contribution in [3.63, 3.8) is 0 Å². The second-order valence-corrected chi connectivity index (χ2v) is 7.34. The van der Waals surface area contributed by atoms with E-state index in [0.29, 0.717) is 17.8 Å². The molecule has 0 radical (unpaired) electrons. The Labute approximate surface area is 160 Å². The molecule has 1 N–H and O–H groups in total. The highest BCUT2D eigenvalue weighted by Gasteiger charge is 2.31. The first-order valence-corrected chi connectivity index (χ1v) is 9.71. The Morgan fingerprint density at radius 3 is 2.85 bits per heavy atom. The molecule has 1 atom stereocenters. The van der Waals surface area contributed by atoms with Gasteiger partial charge in [0.25, 0.3) is 5.91 Å². The van der Waals surface area contributed by atoms with E-state index in [2.05, 4.69) is 10.2 Å². The number of carbonyl (C=O) groups excluding carboxylic acids is 2. The number of hydrogen-bond donors (Lipinski definition) is 1. The predicted octanol–water partition coefficient (Wildman–Crippen LogP) is 3.66. The molecule has 1 saturated heterocycles. The van der Waals surface area contributed by atoms with Gasteiger partial charge in [0.15, 0.2) is 6.61 Å². The summed E-state index contributed by atoms with van der Waals surface area (Å²) in [5.74, 6) is -0.716. The second kappa shape index (κ2) is 7.75. The minimum atomic E-state index is -0.553. The molecule has 1 amide bonds. The van der Waals surface area contributed by atoms with E-state index in [0.717, 1.165) is 18.4 Å². The lowest BCUT2D eigenvalue weighted by Crippen LogP contribution is -2.34. The molecule has 138 valence electrons. The first-order valence-electron chi connectivity index (χ1n) is 8.83. The van der Waals surface area contributed by atoms with Gasteiger partial charge in [0.2, 0.25) is 0 Å². The van der Waals surface area contributed by atoms with Crippen molar-refractivity contribution in [2.24, 2.45) is 0 Å². The van der Waals surface area contributed by atoms with Gasteiger partial charge < -0.3 is 9.64 Å². The van der Waals surface area contributed by atoms with Crippen LogP contribution in [0.15, 0.2) is 54.0 Å². The zero-order valence-corrected chi connectivity index (χ0v) is 15.4. The summed E-state index contributed by atoms with van der Waals surface area (Å²) in [5, 5.41) is 8.79. The molecule has 3 heterocycles. The molecular formula is C20H19N3O3S. The molecule has 1 fully saturated rings. The van der Waals surface area contributed by atoms with Crippen LogP contribution < -0.4 is 0 Å². The van der Waals surface area contributed by atoms with Crippen LogP contribution in [0.25, 0.3) is 11.3 Å². The van der Waals surface area contributed by atoms with Crippen molar-refractivity contribution in [2.45, 2.75) is 18.9 Å². The van der Waals surface area contributed by atoms with Crippen molar-refractivity contribution in [3.05, 3.63) is 64.5 Å². The maximum atomic E-state index is 12.6. The molecule has 0 bridgehead atoms. The lowest BCUT2D eigenvalue weighted by molar-refractivity contribution is -0.135. The molecule has 0 spiro atoms. The van der Waals surface area contributed by atoms with Crippen LogP contribution in [0.3, 0.4) is 0 Å². The fourth-order valence-corrected chi connectivity index (χ4v) is 4.27. The van der Waals surface area contributed by atoms with Gasteiger partial charge in [-0.05, 0) is 24.3 Å². The van der Waals surface area contributed by atoms with E-state index in [1.807, 2.05) is 52.7 Å². The summed E-state index contributed by atoms with van der Waals surface area (Å²) in [6, 6.07) is 13.5. The number of rotatable bonds is 5. The van der Waals surface area contributed by atoms with Crippen molar-refractivity contribution in [2.75, 3.05) is 13.2 Å². The molecule has 4 rings (SSSR count).